The van der Waals surface area contributed by atoms with Crippen molar-refractivity contribution >= 4 is 12.6 Å². The third-order valence-corrected chi connectivity index (χ3v) is 3.36. The van der Waals surface area contributed by atoms with Crippen LogP contribution in [0.4, 0.5) is 8.78 Å². The number of alkyl halides is 2. The van der Waals surface area contributed by atoms with Gasteiger partial charge in [-0.1, -0.05) is 19.9 Å². The lowest BCUT2D eigenvalue weighted by molar-refractivity contribution is 0.0438. The second kappa shape index (κ2) is 6.28. The van der Waals surface area contributed by atoms with Gasteiger partial charge in [-0.05, 0) is 25.8 Å². The Morgan fingerprint density at radius 2 is 2.10 bits per heavy atom. The lowest BCUT2D eigenvalue weighted by Crippen LogP contribution is -2.37. The van der Waals surface area contributed by atoms with Crippen LogP contribution in [-0.4, -0.2) is 36.8 Å². The van der Waals surface area contributed by atoms with Gasteiger partial charge in [0.05, 0.1) is 11.7 Å². The zero-order valence-corrected chi connectivity index (χ0v) is 12.7. The van der Waals surface area contributed by atoms with E-state index in [4.69, 9.17) is 14.0 Å². The summed E-state index contributed by atoms with van der Waals surface area (Å²) in [4.78, 5) is 4.00. The van der Waals surface area contributed by atoms with Crippen LogP contribution in [0.25, 0.3) is 0 Å². The smallest absolute Gasteiger partial charge is 0.472 e. The van der Waals surface area contributed by atoms with Gasteiger partial charge in [-0.3, -0.25) is 0 Å². The highest BCUT2D eigenvalue weighted by atomic mass is 19.3. The van der Waals surface area contributed by atoms with E-state index in [1.807, 2.05) is 13.8 Å². The van der Waals surface area contributed by atoms with Gasteiger partial charge in [0.15, 0.2) is 6.61 Å². The molecule has 1 atom stereocenters. The molecular formula is C14H20BF2NO3. The summed E-state index contributed by atoms with van der Waals surface area (Å²) in [6.45, 7) is 7.48. The van der Waals surface area contributed by atoms with Crippen LogP contribution in [0, 0.1) is 5.92 Å². The van der Waals surface area contributed by atoms with Gasteiger partial charge in [-0.15, -0.1) is 0 Å². The summed E-state index contributed by atoms with van der Waals surface area (Å²) < 4.78 is 40.8. The Morgan fingerprint density at radius 1 is 1.38 bits per heavy atom. The molecule has 21 heavy (non-hydrogen) atoms. The molecule has 4 nitrogen and oxygen atoms in total. The van der Waals surface area contributed by atoms with E-state index in [-0.39, 0.29) is 17.6 Å². The first-order valence-electron chi connectivity index (χ1n) is 7.00. The van der Waals surface area contributed by atoms with Crippen LogP contribution in [0.2, 0.25) is 0 Å². The standard InChI is InChI=1S/C14H20BF2NO3/c1-9(2)13-14(3,4)21-15(20-13)10-5-6-12(18-7-10)19-8-11(16)17/h5-7,9,11,13H,8H2,1-4H3. The summed E-state index contributed by atoms with van der Waals surface area (Å²) in [6, 6.07) is 3.26. The number of hydrogen-bond acceptors (Lipinski definition) is 4. The SMILES string of the molecule is CC(C)C1OB(c2ccc(OCC(F)F)nc2)OC1(C)C. The van der Waals surface area contributed by atoms with Gasteiger partial charge < -0.3 is 14.0 Å². The minimum Gasteiger partial charge on any atom is -0.472 e. The monoisotopic (exact) mass is 299 g/mol. The van der Waals surface area contributed by atoms with Crippen molar-refractivity contribution in [2.45, 2.75) is 45.8 Å². The van der Waals surface area contributed by atoms with E-state index in [9.17, 15) is 8.78 Å². The number of aromatic nitrogens is 1. The zero-order valence-electron chi connectivity index (χ0n) is 12.7. The number of ether oxygens (including phenoxy) is 1. The van der Waals surface area contributed by atoms with E-state index in [2.05, 4.69) is 18.8 Å². The van der Waals surface area contributed by atoms with E-state index < -0.39 is 20.2 Å². The van der Waals surface area contributed by atoms with E-state index in [1.54, 1.807) is 12.1 Å². The van der Waals surface area contributed by atoms with Crippen molar-refractivity contribution in [2.75, 3.05) is 6.61 Å². The molecule has 1 aromatic heterocycles. The molecule has 0 aliphatic carbocycles. The normalized spacial score (nSPS) is 21.3. The van der Waals surface area contributed by atoms with Gasteiger partial charge in [0.2, 0.25) is 5.88 Å². The Morgan fingerprint density at radius 3 is 2.57 bits per heavy atom. The van der Waals surface area contributed by atoms with Crippen LogP contribution in [0.3, 0.4) is 0 Å². The largest absolute Gasteiger partial charge is 0.496 e. The molecule has 0 radical (unpaired) electrons. The Balaban J connectivity index is 2.03. The minimum absolute atomic E-state index is 0.0164. The minimum atomic E-state index is -2.51. The van der Waals surface area contributed by atoms with Crippen LogP contribution in [0.15, 0.2) is 18.3 Å². The number of hydrogen-bond donors (Lipinski definition) is 0. The fourth-order valence-electron chi connectivity index (χ4n) is 2.54. The predicted octanol–water partition coefficient (Wildman–Crippen LogP) is 2.27. The first-order chi connectivity index (χ1) is 9.79. The fraction of sp³-hybridized carbons (Fsp3) is 0.643. The van der Waals surface area contributed by atoms with Gasteiger partial charge in [-0.2, -0.15) is 0 Å². The summed E-state index contributed by atoms with van der Waals surface area (Å²) in [7, 11) is -0.496. The fourth-order valence-corrected chi connectivity index (χ4v) is 2.54. The molecule has 1 fully saturated rings. The summed E-state index contributed by atoms with van der Waals surface area (Å²) >= 11 is 0. The third-order valence-electron chi connectivity index (χ3n) is 3.36. The van der Waals surface area contributed by atoms with Crippen LogP contribution in [0.1, 0.15) is 27.7 Å². The van der Waals surface area contributed by atoms with Crippen molar-refractivity contribution in [1.29, 1.82) is 0 Å². The third kappa shape index (κ3) is 3.92. The van der Waals surface area contributed by atoms with Crippen LogP contribution < -0.4 is 10.2 Å². The van der Waals surface area contributed by atoms with Gasteiger partial charge in [-0.25, -0.2) is 13.8 Å². The predicted molar refractivity (Wildman–Crippen MR) is 76.0 cm³/mol. The molecule has 0 aromatic carbocycles. The summed E-state index contributed by atoms with van der Waals surface area (Å²) in [5, 5.41) is 0. The average molecular weight is 299 g/mol. The quantitative estimate of drug-likeness (QED) is 0.782. The molecule has 116 valence electrons. The van der Waals surface area contributed by atoms with E-state index in [1.165, 1.54) is 6.20 Å². The van der Waals surface area contributed by atoms with Crippen LogP contribution in [-0.2, 0) is 9.31 Å². The number of halogens is 2. The van der Waals surface area contributed by atoms with Crippen molar-refractivity contribution in [2.24, 2.45) is 5.92 Å². The molecule has 1 saturated heterocycles. The van der Waals surface area contributed by atoms with Gasteiger partial charge in [0.25, 0.3) is 6.43 Å². The van der Waals surface area contributed by atoms with E-state index in [0.29, 0.717) is 5.92 Å². The second-order valence-electron chi connectivity index (χ2n) is 5.99. The van der Waals surface area contributed by atoms with E-state index >= 15 is 0 Å². The van der Waals surface area contributed by atoms with Crippen molar-refractivity contribution in [3.05, 3.63) is 18.3 Å². The lowest BCUT2D eigenvalue weighted by Gasteiger charge is -2.28. The van der Waals surface area contributed by atoms with Crippen LogP contribution >= 0.6 is 0 Å². The van der Waals surface area contributed by atoms with Crippen LogP contribution in [0.5, 0.6) is 5.88 Å². The number of rotatable bonds is 5. The Hall–Kier alpha value is -1.21. The molecule has 0 bridgehead atoms. The first kappa shape index (κ1) is 16.2. The lowest BCUT2D eigenvalue weighted by atomic mass is 9.80. The van der Waals surface area contributed by atoms with Gasteiger partial charge in [0.1, 0.15) is 0 Å². The molecule has 0 amide bonds. The molecule has 0 saturated carbocycles. The first-order valence-corrected chi connectivity index (χ1v) is 7.00. The summed E-state index contributed by atoms with van der Waals surface area (Å²) in [5.41, 5.74) is 0.361. The molecule has 1 aromatic rings. The molecule has 0 spiro atoms. The van der Waals surface area contributed by atoms with Crippen molar-refractivity contribution in [3.8, 4) is 5.88 Å². The molecular weight excluding hydrogens is 279 g/mol. The van der Waals surface area contributed by atoms with Crippen molar-refractivity contribution in [1.82, 2.24) is 4.98 Å². The number of pyridine rings is 1. The molecule has 7 heteroatoms. The molecule has 0 N–H and O–H groups in total. The molecule has 1 aliphatic rings. The summed E-state index contributed by atoms with van der Waals surface area (Å²) in [5.74, 6) is 0.489. The zero-order chi connectivity index (χ0) is 15.6. The summed E-state index contributed by atoms with van der Waals surface area (Å²) in [6.07, 6.45) is -0.998. The molecule has 2 heterocycles. The van der Waals surface area contributed by atoms with E-state index in [0.717, 1.165) is 5.46 Å². The Bertz CT molecular complexity index is 468. The highest BCUT2D eigenvalue weighted by Crippen LogP contribution is 2.31. The average Bonchev–Trinajstić information content (AvgIpc) is 2.73. The van der Waals surface area contributed by atoms with Gasteiger partial charge in [0, 0.05) is 11.7 Å². The van der Waals surface area contributed by atoms with Crippen molar-refractivity contribution < 1.29 is 22.8 Å². The highest BCUT2D eigenvalue weighted by molar-refractivity contribution is 6.61. The number of nitrogens with zero attached hydrogens (tertiary/aromatic N) is 1. The molecule has 2 rings (SSSR count). The maximum atomic E-state index is 12.1. The molecule has 1 aliphatic heterocycles. The second-order valence-corrected chi connectivity index (χ2v) is 5.99. The highest BCUT2D eigenvalue weighted by Gasteiger charge is 2.47. The van der Waals surface area contributed by atoms with Crippen molar-refractivity contribution in [3.63, 3.8) is 0 Å². The topological polar surface area (TPSA) is 40.6 Å². The Labute approximate surface area is 123 Å². The van der Waals surface area contributed by atoms with Gasteiger partial charge >= 0.3 is 7.12 Å². The maximum Gasteiger partial charge on any atom is 0.496 e. The molecule has 1 unspecified atom stereocenters. The maximum absolute atomic E-state index is 12.1. The Kier molecular flexibility index (Phi) is 4.83.